The Balaban J connectivity index is 2.24. The van der Waals surface area contributed by atoms with Crippen molar-refractivity contribution in [3.8, 4) is 17.0 Å². The highest BCUT2D eigenvalue weighted by molar-refractivity contribution is 5.58. The first-order chi connectivity index (χ1) is 7.40. The van der Waals surface area contributed by atoms with Gasteiger partial charge in [-0.15, -0.1) is 0 Å². The van der Waals surface area contributed by atoms with E-state index in [1.807, 2.05) is 31.2 Å². The quantitative estimate of drug-likeness (QED) is 0.763. The monoisotopic (exact) mass is 200 g/mol. The molecule has 0 spiro atoms. The predicted octanol–water partition coefficient (Wildman–Crippen LogP) is 2.54. The summed E-state index contributed by atoms with van der Waals surface area (Å²) in [4.78, 5) is 8.25. The lowest BCUT2D eigenvalue weighted by Gasteiger charge is -2.03. The molecule has 0 amide bonds. The molecule has 0 N–H and O–H groups in total. The zero-order valence-corrected chi connectivity index (χ0v) is 8.55. The Hall–Kier alpha value is -1.90. The van der Waals surface area contributed by atoms with Gasteiger partial charge in [0, 0.05) is 18.0 Å². The Bertz CT molecular complexity index is 411. The minimum atomic E-state index is 0.685. The summed E-state index contributed by atoms with van der Waals surface area (Å²) >= 11 is 0. The van der Waals surface area contributed by atoms with Gasteiger partial charge < -0.3 is 4.74 Å². The normalized spacial score (nSPS) is 9.93. The third kappa shape index (κ3) is 2.31. The van der Waals surface area contributed by atoms with Crippen LogP contribution in [0.25, 0.3) is 11.3 Å². The van der Waals surface area contributed by atoms with E-state index >= 15 is 0 Å². The molecule has 0 saturated heterocycles. The van der Waals surface area contributed by atoms with Crippen molar-refractivity contribution in [1.82, 2.24) is 9.97 Å². The Kier molecular flexibility index (Phi) is 2.93. The number of aromatic nitrogens is 2. The summed E-state index contributed by atoms with van der Waals surface area (Å²) in [7, 11) is 0. The van der Waals surface area contributed by atoms with Gasteiger partial charge in [0.05, 0.1) is 18.5 Å². The van der Waals surface area contributed by atoms with Crippen LogP contribution in [0.5, 0.6) is 5.75 Å². The second-order valence-electron chi connectivity index (χ2n) is 3.05. The van der Waals surface area contributed by atoms with Crippen LogP contribution in [0, 0.1) is 0 Å². The maximum absolute atomic E-state index is 5.36. The number of rotatable bonds is 3. The fourth-order valence-corrected chi connectivity index (χ4v) is 1.34. The van der Waals surface area contributed by atoms with Gasteiger partial charge in [0.15, 0.2) is 0 Å². The van der Waals surface area contributed by atoms with Gasteiger partial charge in [0.2, 0.25) is 0 Å². The summed E-state index contributed by atoms with van der Waals surface area (Å²) in [5.74, 6) is 0.880. The molecule has 0 aliphatic heterocycles. The fourth-order valence-electron chi connectivity index (χ4n) is 1.34. The SMILES string of the molecule is CCOc1ccc(-c2cnccn2)cc1. The number of nitrogens with zero attached hydrogens (tertiary/aromatic N) is 2. The van der Waals surface area contributed by atoms with E-state index in [1.165, 1.54) is 0 Å². The molecule has 1 aromatic carbocycles. The van der Waals surface area contributed by atoms with Crippen molar-refractivity contribution >= 4 is 0 Å². The highest BCUT2D eigenvalue weighted by Gasteiger charge is 1.98. The summed E-state index contributed by atoms with van der Waals surface area (Å²) in [5, 5.41) is 0. The van der Waals surface area contributed by atoms with Crippen molar-refractivity contribution in [2.75, 3.05) is 6.61 Å². The third-order valence-electron chi connectivity index (χ3n) is 2.02. The lowest BCUT2D eigenvalue weighted by molar-refractivity contribution is 0.340. The van der Waals surface area contributed by atoms with Crippen LogP contribution < -0.4 is 4.74 Å². The molecule has 2 aromatic rings. The van der Waals surface area contributed by atoms with Gasteiger partial charge in [-0.05, 0) is 31.2 Å². The van der Waals surface area contributed by atoms with Crippen LogP contribution in [-0.2, 0) is 0 Å². The average molecular weight is 200 g/mol. The molecule has 1 aromatic heterocycles. The van der Waals surface area contributed by atoms with E-state index in [1.54, 1.807) is 18.6 Å². The van der Waals surface area contributed by atoms with Gasteiger partial charge in [-0.3, -0.25) is 9.97 Å². The first kappa shape index (κ1) is 9.65. The Morgan fingerprint density at radius 3 is 2.53 bits per heavy atom. The molecule has 3 nitrogen and oxygen atoms in total. The van der Waals surface area contributed by atoms with Crippen LogP contribution in [0.15, 0.2) is 42.9 Å². The van der Waals surface area contributed by atoms with Crippen LogP contribution in [0.1, 0.15) is 6.92 Å². The second-order valence-corrected chi connectivity index (χ2v) is 3.05. The minimum Gasteiger partial charge on any atom is -0.494 e. The van der Waals surface area contributed by atoms with E-state index in [4.69, 9.17) is 4.74 Å². The van der Waals surface area contributed by atoms with Crippen molar-refractivity contribution in [3.05, 3.63) is 42.9 Å². The van der Waals surface area contributed by atoms with Crippen molar-refractivity contribution in [3.63, 3.8) is 0 Å². The first-order valence-corrected chi connectivity index (χ1v) is 4.89. The van der Waals surface area contributed by atoms with E-state index < -0.39 is 0 Å². The molecule has 0 radical (unpaired) electrons. The summed E-state index contributed by atoms with van der Waals surface area (Å²) in [6.07, 6.45) is 5.10. The standard InChI is InChI=1S/C12H12N2O/c1-2-15-11-5-3-10(4-6-11)12-9-13-7-8-14-12/h3-9H,2H2,1H3. The van der Waals surface area contributed by atoms with Crippen LogP contribution >= 0.6 is 0 Å². The summed E-state index contributed by atoms with van der Waals surface area (Å²) < 4.78 is 5.36. The van der Waals surface area contributed by atoms with E-state index in [-0.39, 0.29) is 0 Å². The van der Waals surface area contributed by atoms with Gasteiger partial charge in [0.25, 0.3) is 0 Å². The summed E-state index contributed by atoms with van der Waals surface area (Å²) in [6.45, 7) is 2.65. The third-order valence-corrected chi connectivity index (χ3v) is 2.02. The van der Waals surface area contributed by atoms with Crippen LogP contribution in [0.2, 0.25) is 0 Å². The van der Waals surface area contributed by atoms with E-state index in [0.29, 0.717) is 6.61 Å². The number of ether oxygens (including phenoxy) is 1. The predicted molar refractivity (Wildman–Crippen MR) is 58.6 cm³/mol. The van der Waals surface area contributed by atoms with Crippen molar-refractivity contribution in [2.45, 2.75) is 6.92 Å². The summed E-state index contributed by atoms with van der Waals surface area (Å²) in [5.41, 5.74) is 1.92. The van der Waals surface area contributed by atoms with Gasteiger partial charge >= 0.3 is 0 Å². The second kappa shape index (κ2) is 4.55. The van der Waals surface area contributed by atoms with Gasteiger partial charge in [-0.1, -0.05) is 0 Å². The number of hydrogen-bond donors (Lipinski definition) is 0. The molecule has 0 bridgehead atoms. The van der Waals surface area contributed by atoms with E-state index in [0.717, 1.165) is 17.0 Å². The molecule has 0 fully saturated rings. The maximum atomic E-state index is 5.36. The zero-order valence-electron chi connectivity index (χ0n) is 8.55. The summed E-state index contributed by atoms with van der Waals surface area (Å²) in [6, 6.07) is 7.84. The van der Waals surface area contributed by atoms with Crippen molar-refractivity contribution in [1.29, 1.82) is 0 Å². The van der Waals surface area contributed by atoms with Crippen LogP contribution in [0.3, 0.4) is 0 Å². The van der Waals surface area contributed by atoms with Crippen LogP contribution in [0.4, 0.5) is 0 Å². The smallest absolute Gasteiger partial charge is 0.119 e. The van der Waals surface area contributed by atoms with Gasteiger partial charge in [-0.25, -0.2) is 0 Å². The van der Waals surface area contributed by atoms with E-state index in [2.05, 4.69) is 9.97 Å². The molecule has 3 heteroatoms. The van der Waals surface area contributed by atoms with E-state index in [9.17, 15) is 0 Å². The lowest BCUT2D eigenvalue weighted by atomic mass is 10.1. The lowest BCUT2D eigenvalue weighted by Crippen LogP contribution is -1.91. The molecule has 0 saturated carbocycles. The largest absolute Gasteiger partial charge is 0.494 e. The van der Waals surface area contributed by atoms with Gasteiger partial charge in [0.1, 0.15) is 5.75 Å². The molecule has 76 valence electrons. The molecular formula is C12H12N2O. The topological polar surface area (TPSA) is 35.0 Å². The fraction of sp³-hybridized carbons (Fsp3) is 0.167. The average Bonchev–Trinajstić information content (AvgIpc) is 2.32. The van der Waals surface area contributed by atoms with Gasteiger partial charge in [-0.2, -0.15) is 0 Å². The highest BCUT2D eigenvalue weighted by atomic mass is 16.5. The molecule has 0 unspecified atom stereocenters. The Morgan fingerprint density at radius 1 is 1.13 bits per heavy atom. The maximum Gasteiger partial charge on any atom is 0.119 e. The van der Waals surface area contributed by atoms with Crippen molar-refractivity contribution in [2.24, 2.45) is 0 Å². The molecule has 0 atom stereocenters. The molecular weight excluding hydrogens is 188 g/mol. The zero-order chi connectivity index (χ0) is 10.5. The molecule has 0 aliphatic carbocycles. The molecule has 2 rings (SSSR count). The first-order valence-electron chi connectivity index (χ1n) is 4.89. The minimum absolute atomic E-state index is 0.685. The highest BCUT2D eigenvalue weighted by Crippen LogP contribution is 2.19. The Labute approximate surface area is 88.8 Å². The van der Waals surface area contributed by atoms with Crippen molar-refractivity contribution < 1.29 is 4.74 Å². The number of hydrogen-bond acceptors (Lipinski definition) is 3. The molecule has 1 heterocycles. The van der Waals surface area contributed by atoms with Crippen LogP contribution in [-0.4, -0.2) is 16.6 Å². The molecule has 0 aliphatic rings. The Morgan fingerprint density at radius 2 is 1.93 bits per heavy atom. The molecule has 15 heavy (non-hydrogen) atoms. The number of benzene rings is 1.